The van der Waals surface area contributed by atoms with Crippen molar-refractivity contribution in [3.05, 3.63) is 66.8 Å². The van der Waals surface area contributed by atoms with Gasteiger partial charge in [0.05, 0.1) is 109 Å². The van der Waals surface area contributed by atoms with Gasteiger partial charge in [0.2, 0.25) is 12.6 Å². The first kappa shape index (κ1) is 80.1. The Morgan fingerprint density at radius 1 is 0.313 bits per heavy atom. The van der Waals surface area contributed by atoms with E-state index >= 15 is 0 Å². The largest absolute Gasteiger partial charge is 0.486 e. The van der Waals surface area contributed by atoms with E-state index in [0.717, 1.165) is 236 Å². The topological polar surface area (TPSA) is 386 Å². The maximum Gasteiger partial charge on any atom is 0.209 e. The van der Waals surface area contributed by atoms with Crippen LogP contribution in [0.1, 0.15) is 140 Å². The van der Waals surface area contributed by atoms with Crippen LogP contribution < -0.4 is 97.2 Å². The zero-order chi connectivity index (χ0) is 73.3. The molecule has 546 valence electrons. The predicted molar refractivity (Wildman–Crippen MR) is 428 cm³/mol. The number of hydrogen-bond acceptors (Lipinski definition) is 26. The van der Waals surface area contributed by atoms with Crippen molar-refractivity contribution in [1.29, 1.82) is 0 Å². The zero-order valence-corrected chi connectivity index (χ0v) is 66.2. The summed E-state index contributed by atoms with van der Waals surface area (Å²) >= 11 is 10.3. The Hall–Kier alpha value is -6.26. The van der Waals surface area contributed by atoms with Crippen molar-refractivity contribution in [1.82, 2.24) is 0 Å². The molecular formula is C73H110N12O8S6. The Bertz CT molecular complexity index is 3750. The third-order valence-electron chi connectivity index (χ3n) is 19.1. The fourth-order valence-corrected chi connectivity index (χ4v) is 18.2. The van der Waals surface area contributed by atoms with Gasteiger partial charge in [-0.2, -0.15) is 0 Å². The summed E-state index contributed by atoms with van der Waals surface area (Å²) in [6.07, 6.45) is 7.18. The van der Waals surface area contributed by atoms with Crippen molar-refractivity contribution in [3.63, 3.8) is 0 Å². The van der Waals surface area contributed by atoms with E-state index in [4.69, 9.17) is 107 Å². The van der Waals surface area contributed by atoms with Gasteiger partial charge in [0.25, 0.3) is 0 Å². The van der Waals surface area contributed by atoms with Gasteiger partial charge in [-0.25, -0.2) is 0 Å². The SMILES string of the molecule is CCC1CSc2c(N)c(C)c(C)c(N)c2O1.CCCC1CSc2c(N)c(C)c(C)c(N)c2O1.CCCCC1CSc2c(N)c(C)c(C)c(N)c2O1.CCOC1CSc2c(N)c(C)c(C)c(N)c2O1.COC1CSc2c(N)c(C)c(C)c(N)c2O1.Cc1c(C)c(N)c2c(c1N)OC(C)CS2. The maximum atomic E-state index is 6.17. The molecule has 6 aliphatic heterocycles. The number of benzene rings is 6. The molecule has 0 radical (unpaired) electrons. The Morgan fingerprint density at radius 3 is 0.889 bits per heavy atom. The fourth-order valence-electron chi connectivity index (χ4n) is 11.3. The number of nitrogen functional groups attached to an aromatic ring is 12. The molecule has 20 nitrogen and oxygen atoms in total. The number of fused-ring (bicyclic) bond motifs is 6. The Morgan fingerprint density at radius 2 is 0.576 bits per heavy atom. The van der Waals surface area contributed by atoms with Crippen LogP contribution in [0, 0.1) is 83.1 Å². The molecule has 0 spiro atoms. The van der Waals surface area contributed by atoms with Gasteiger partial charge in [0, 0.05) is 36.7 Å². The lowest BCUT2D eigenvalue weighted by Crippen LogP contribution is -2.27. The summed E-state index contributed by atoms with van der Waals surface area (Å²) in [5.41, 5.74) is 94.8. The number of nitrogens with two attached hydrogens (primary N) is 12. The number of methoxy groups -OCH3 is 1. The van der Waals surface area contributed by atoms with Crippen molar-refractivity contribution < 1.29 is 37.9 Å². The molecule has 6 heterocycles. The van der Waals surface area contributed by atoms with E-state index in [0.29, 0.717) is 29.5 Å². The summed E-state index contributed by atoms with van der Waals surface area (Å²) in [7, 11) is 1.62. The summed E-state index contributed by atoms with van der Waals surface area (Å²) in [4.78, 5) is 5.97. The van der Waals surface area contributed by atoms with Crippen molar-refractivity contribution >= 4 is 139 Å². The average Bonchev–Trinajstić information content (AvgIpc) is 0.828. The van der Waals surface area contributed by atoms with Gasteiger partial charge >= 0.3 is 0 Å². The molecule has 24 N–H and O–H groups in total. The third-order valence-corrected chi connectivity index (χ3v) is 26.4. The second-order valence-corrected chi connectivity index (χ2v) is 31.7. The minimum atomic E-state index is -0.249. The normalized spacial score (nSPS) is 18.8. The number of rotatable bonds is 9. The van der Waals surface area contributed by atoms with Crippen LogP contribution in [0.25, 0.3) is 0 Å². The van der Waals surface area contributed by atoms with E-state index in [1.165, 1.54) is 12.8 Å². The van der Waals surface area contributed by atoms with Gasteiger partial charge < -0.3 is 107 Å². The quantitative estimate of drug-likeness (QED) is 0.0598. The lowest BCUT2D eigenvalue weighted by atomic mass is 10.0. The second kappa shape index (κ2) is 35.1. The molecular weight excluding hydrogens is 1370 g/mol. The fraction of sp³-hybridized carbons (Fsp3) is 0.507. The van der Waals surface area contributed by atoms with Gasteiger partial charge in [-0.05, 0) is 183 Å². The van der Waals surface area contributed by atoms with E-state index in [1.807, 2.05) is 96.9 Å². The highest BCUT2D eigenvalue weighted by Crippen LogP contribution is 2.53. The molecule has 26 heteroatoms. The molecule has 0 fully saturated rings. The van der Waals surface area contributed by atoms with Crippen molar-refractivity contribution in [2.45, 2.75) is 223 Å². The van der Waals surface area contributed by atoms with Crippen LogP contribution in [0.15, 0.2) is 29.4 Å². The van der Waals surface area contributed by atoms with Gasteiger partial charge in [-0.15, -0.1) is 70.6 Å². The molecule has 12 rings (SSSR count). The molecule has 6 aromatic carbocycles. The van der Waals surface area contributed by atoms with Crippen LogP contribution in [0.5, 0.6) is 34.5 Å². The van der Waals surface area contributed by atoms with E-state index in [9.17, 15) is 0 Å². The summed E-state index contributed by atoms with van der Waals surface area (Å²) in [5.74, 6) is 9.84. The number of thioether (sulfide) groups is 6. The van der Waals surface area contributed by atoms with Crippen LogP contribution in [0.3, 0.4) is 0 Å². The lowest BCUT2D eigenvalue weighted by Gasteiger charge is -2.29. The number of hydrogen-bond donors (Lipinski definition) is 12. The molecule has 6 aromatic rings. The lowest BCUT2D eigenvalue weighted by molar-refractivity contribution is -0.0609. The molecule has 0 saturated heterocycles. The van der Waals surface area contributed by atoms with Gasteiger partial charge in [-0.3, -0.25) is 0 Å². The van der Waals surface area contributed by atoms with Gasteiger partial charge in [-0.1, -0.05) is 40.0 Å². The minimum absolute atomic E-state index is 0.200. The van der Waals surface area contributed by atoms with Crippen LogP contribution >= 0.6 is 70.6 Å². The van der Waals surface area contributed by atoms with E-state index in [1.54, 1.807) is 77.7 Å². The highest BCUT2D eigenvalue weighted by molar-refractivity contribution is 8.00. The Labute approximate surface area is 613 Å². The van der Waals surface area contributed by atoms with Gasteiger partial charge in [0.15, 0.2) is 34.5 Å². The van der Waals surface area contributed by atoms with E-state index in [-0.39, 0.29) is 37.0 Å². The van der Waals surface area contributed by atoms with Crippen LogP contribution in [-0.2, 0) is 9.47 Å². The standard InChI is InChI=1S/C14H22N2OS.C13H20N2OS.C12H18N2O2S.C12H18N2OS.C11H16N2O2S.C11H16N2OS/c1-4-5-6-10-7-18-14-12(16)9(3)8(2)11(15)13(14)17-10;1-4-5-9-6-17-13-11(15)8(3)7(2)10(14)12(13)16-9;1-4-15-8-5-17-12-10(14)7(3)6(2)9(13)11(12)16-8;1-4-8-5-16-12-10(14)7(3)6(2)9(13)11(12)15-8;1-5-6(2)9(13)11-10(8(5)12)15-7(14-3)4-16-11;1-5-4-15-11-9(13)7(3)6(2)8(12)10(11)14-5/h10H,4-7,15-16H2,1-3H3;9H,4-6,14-15H2,1-3H3;8H,4-5,13-14H2,1-3H3;8H,4-5,13-14H2,1-3H3;7H,4,12-13H2,1-3H3;5H,4,12-13H2,1-3H3. The summed E-state index contributed by atoms with van der Waals surface area (Å²) < 4.78 is 45.8. The molecule has 6 unspecified atom stereocenters. The van der Waals surface area contributed by atoms with Crippen molar-refractivity contribution in [3.8, 4) is 34.5 Å². The monoisotopic (exact) mass is 1470 g/mol. The van der Waals surface area contributed by atoms with Crippen molar-refractivity contribution in [2.24, 2.45) is 0 Å². The maximum absolute atomic E-state index is 6.17. The molecule has 6 aliphatic rings. The number of ether oxygens (including phenoxy) is 8. The average molecular weight is 1480 g/mol. The van der Waals surface area contributed by atoms with E-state index < -0.39 is 0 Å². The first-order valence-electron chi connectivity index (χ1n) is 33.8. The second-order valence-electron chi connectivity index (χ2n) is 25.6. The summed E-state index contributed by atoms with van der Waals surface area (Å²) in [5, 5.41) is 0. The smallest absolute Gasteiger partial charge is 0.209 e. The molecule has 99 heavy (non-hydrogen) atoms. The minimum Gasteiger partial charge on any atom is -0.486 e. The number of anilines is 12. The first-order chi connectivity index (χ1) is 46.8. The Kier molecular flexibility index (Phi) is 28.4. The molecule has 0 saturated carbocycles. The van der Waals surface area contributed by atoms with E-state index in [2.05, 4.69) is 20.8 Å². The van der Waals surface area contributed by atoms with Crippen LogP contribution in [-0.4, -0.2) is 85.2 Å². The molecule has 0 amide bonds. The first-order valence-corrected chi connectivity index (χ1v) is 39.7. The predicted octanol–water partition coefficient (Wildman–Crippen LogP) is 15.9. The van der Waals surface area contributed by atoms with Crippen LogP contribution in [0.4, 0.5) is 68.2 Å². The summed E-state index contributed by atoms with van der Waals surface area (Å²) in [6, 6.07) is 0. The molecule has 0 aromatic heterocycles. The summed E-state index contributed by atoms with van der Waals surface area (Å²) in [6.45, 7) is 35.0. The molecule has 0 aliphatic carbocycles. The third kappa shape index (κ3) is 17.5. The highest BCUT2D eigenvalue weighted by Gasteiger charge is 2.32. The molecule has 0 bridgehead atoms. The highest BCUT2D eigenvalue weighted by atomic mass is 32.2. The van der Waals surface area contributed by atoms with Gasteiger partial charge in [0.1, 0.15) is 24.4 Å². The number of unbranched alkanes of at least 4 members (excludes halogenated alkanes) is 1. The van der Waals surface area contributed by atoms with Crippen molar-refractivity contribution in [2.75, 3.05) is 117 Å². The zero-order valence-electron chi connectivity index (χ0n) is 61.3. The molecule has 6 atom stereocenters. The van der Waals surface area contributed by atoms with Crippen LogP contribution in [0.2, 0.25) is 0 Å². The Balaban J connectivity index is 0.000000167.